The van der Waals surface area contributed by atoms with Crippen molar-refractivity contribution in [2.24, 2.45) is 17.8 Å². The Balaban J connectivity index is 1.82. The third-order valence-electron chi connectivity index (χ3n) is 6.71. The molecule has 1 aliphatic heterocycles. The maximum absolute atomic E-state index is 12.7. The first-order valence-electron chi connectivity index (χ1n) is 11.2. The van der Waals surface area contributed by atoms with Crippen molar-refractivity contribution >= 4 is 29.5 Å². The molecule has 0 unspecified atom stereocenters. The molecule has 3 rings (SSSR count). The number of benzene rings is 1. The summed E-state index contributed by atoms with van der Waals surface area (Å²) in [5, 5.41) is 31.3. The van der Waals surface area contributed by atoms with Crippen LogP contribution in [0.2, 0.25) is 5.02 Å². The first-order chi connectivity index (χ1) is 15.2. The summed E-state index contributed by atoms with van der Waals surface area (Å²) in [6.07, 6.45) is 4.21. The molecule has 3 N–H and O–H groups in total. The molecular formula is C25H32ClNO5. The number of imide groups is 1. The van der Waals surface area contributed by atoms with Crippen LogP contribution in [0, 0.1) is 17.8 Å². The van der Waals surface area contributed by atoms with Crippen molar-refractivity contribution in [1.29, 1.82) is 0 Å². The summed E-state index contributed by atoms with van der Waals surface area (Å²) >= 11 is 6.19. The Bertz CT molecular complexity index is 954. The SMILES string of the molecule is CCCC1=C([C@H](O)CC/C(C)=C/c2ccc(O)cc2Cl)[C@H](CO)[C@@H]2C(=O)N(C)C(=O)[C@@H]2C1. The number of carbonyl (C=O) groups is 2. The van der Waals surface area contributed by atoms with E-state index < -0.39 is 23.9 Å². The van der Waals surface area contributed by atoms with Gasteiger partial charge in [0.15, 0.2) is 0 Å². The van der Waals surface area contributed by atoms with Gasteiger partial charge in [-0.2, -0.15) is 0 Å². The van der Waals surface area contributed by atoms with Crippen LogP contribution in [0.4, 0.5) is 0 Å². The number of hydrogen-bond donors (Lipinski definition) is 3. The van der Waals surface area contributed by atoms with E-state index in [-0.39, 0.29) is 24.2 Å². The molecule has 1 aromatic rings. The third-order valence-corrected chi connectivity index (χ3v) is 7.04. The standard InChI is InChI=1S/C25H32ClNO5/c1-4-5-16-11-18-23(25(32)27(3)24(18)31)19(13-28)22(16)21(30)9-6-14(2)10-15-7-8-17(29)12-20(15)26/h7-8,10,12,18-19,21,23,28-30H,4-6,9,11,13H2,1-3H3/b14-10+/t18-,19+,21-,23-/m1/s1. The Morgan fingerprint density at radius 2 is 2.03 bits per heavy atom. The van der Waals surface area contributed by atoms with Crippen LogP contribution in [0.15, 0.2) is 34.9 Å². The number of hydrogen-bond acceptors (Lipinski definition) is 5. The number of phenolic OH excluding ortho intramolecular Hbond substituents is 1. The fourth-order valence-corrected chi connectivity index (χ4v) is 5.38. The molecule has 2 amide bonds. The fraction of sp³-hybridized carbons (Fsp3) is 0.520. The summed E-state index contributed by atoms with van der Waals surface area (Å²) in [6.45, 7) is 3.72. The first-order valence-corrected chi connectivity index (χ1v) is 11.5. The maximum atomic E-state index is 12.7. The van der Waals surface area contributed by atoms with E-state index in [1.807, 2.05) is 19.9 Å². The number of amides is 2. The molecule has 0 saturated carbocycles. The van der Waals surface area contributed by atoms with Gasteiger partial charge in [-0.05, 0) is 61.9 Å². The van der Waals surface area contributed by atoms with Crippen molar-refractivity contribution in [3.63, 3.8) is 0 Å². The van der Waals surface area contributed by atoms with Crippen LogP contribution < -0.4 is 0 Å². The molecule has 7 heteroatoms. The zero-order chi connectivity index (χ0) is 23.6. The maximum Gasteiger partial charge on any atom is 0.233 e. The number of aliphatic hydroxyl groups is 2. The van der Waals surface area contributed by atoms with E-state index in [1.165, 1.54) is 18.0 Å². The number of phenols is 1. The third kappa shape index (κ3) is 4.77. The van der Waals surface area contributed by atoms with Gasteiger partial charge in [-0.3, -0.25) is 14.5 Å². The van der Waals surface area contributed by atoms with E-state index in [2.05, 4.69) is 0 Å². The number of aliphatic hydroxyl groups excluding tert-OH is 2. The van der Waals surface area contributed by atoms with Gasteiger partial charge >= 0.3 is 0 Å². The van der Waals surface area contributed by atoms with Gasteiger partial charge in [0.05, 0.1) is 29.6 Å². The molecule has 0 bridgehead atoms. The van der Waals surface area contributed by atoms with Gasteiger partial charge in [-0.1, -0.05) is 42.2 Å². The van der Waals surface area contributed by atoms with Crippen LogP contribution in [-0.2, 0) is 9.59 Å². The smallest absolute Gasteiger partial charge is 0.233 e. The minimum Gasteiger partial charge on any atom is -0.508 e. The lowest BCUT2D eigenvalue weighted by molar-refractivity contribution is -0.138. The number of fused-ring (bicyclic) bond motifs is 1. The highest BCUT2D eigenvalue weighted by molar-refractivity contribution is 6.32. The molecule has 0 radical (unpaired) electrons. The van der Waals surface area contributed by atoms with Gasteiger partial charge < -0.3 is 15.3 Å². The Kier molecular flexibility index (Phi) is 7.80. The summed E-state index contributed by atoms with van der Waals surface area (Å²) in [7, 11) is 1.50. The molecular weight excluding hydrogens is 430 g/mol. The van der Waals surface area contributed by atoms with E-state index in [0.29, 0.717) is 24.3 Å². The Labute approximate surface area is 194 Å². The average Bonchev–Trinajstić information content (AvgIpc) is 2.97. The summed E-state index contributed by atoms with van der Waals surface area (Å²) in [4.78, 5) is 26.5. The van der Waals surface area contributed by atoms with E-state index in [9.17, 15) is 24.9 Å². The van der Waals surface area contributed by atoms with E-state index in [0.717, 1.165) is 35.1 Å². The van der Waals surface area contributed by atoms with Gasteiger partial charge in [0, 0.05) is 13.0 Å². The first kappa shape index (κ1) is 24.5. The van der Waals surface area contributed by atoms with Crippen molar-refractivity contribution in [2.45, 2.75) is 52.1 Å². The zero-order valence-electron chi connectivity index (χ0n) is 18.8. The van der Waals surface area contributed by atoms with Crippen molar-refractivity contribution < 1.29 is 24.9 Å². The van der Waals surface area contributed by atoms with Gasteiger partial charge in [0.25, 0.3) is 0 Å². The van der Waals surface area contributed by atoms with E-state index in [1.54, 1.807) is 12.1 Å². The predicted molar refractivity (Wildman–Crippen MR) is 124 cm³/mol. The summed E-state index contributed by atoms with van der Waals surface area (Å²) in [6, 6.07) is 4.79. The second-order valence-electron chi connectivity index (χ2n) is 8.92. The van der Waals surface area contributed by atoms with Gasteiger partial charge in [0.2, 0.25) is 11.8 Å². The number of likely N-dealkylation sites (tertiary alicyclic amines) is 1. The number of nitrogens with zero attached hydrogens (tertiary/aromatic N) is 1. The van der Waals surface area contributed by atoms with Crippen LogP contribution in [0.25, 0.3) is 6.08 Å². The molecule has 1 aliphatic carbocycles. The quantitative estimate of drug-likeness (QED) is 0.402. The van der Waals surface area contributed by atoms with Crippen molar-refractivity contribution in [1.82, 2.24) is 4.90 Å². The van der Waals surface area contributed by atoms with E-state index in [4.69, 9.17) is 11.6 Å². The molecule has 32 heavy (non-hydrogen) atoms. The van der Waals surface area contributed by atoms with Gasteiger partial charge in [-0.25, -0.2) is 0 Å². The predicted octanol–water partition coefficient (Wildman–Crippen LogP) is 3.93. The van der Waals surface area contributed by atoms with Crippen molar-refractivity contribution in [3.05, 3.63) is 45.5 Å². The van der Waals surface area contributed by atoms with Gasteiger partial charge in [0.1, 0.15) is 5.75 Å². The number of halogens is 1. The van der Waals surface area contributed by atoms with Crippen LogP contribution in [0.3, 0.4) is 0 Å². The Morgan fingerprint density at radius 1 is 1.31 bits per heavy atom. The van der Waals surface area contributed by atoms with Gasteiger partial charge in [-0.15, -0.1) is 0 Å². The average molecular weight is 462 g/mol. The fourth-order valence-electron chi connectivity index (χ4n) is 5.15. The number of allylic oxidation sites excluding steroid dienone is 2. The normalized spacial score (nSPS) is 24.9. The zero-order valence-corrected chi connectivity index (χ0v) is 19.6. The summed E-state index contributed by atoms with van der Waals surface area (Å²) < 4.78 is 0. The number of aromatic hydroxyl groups is 1. The molecule has 1 aromatic carbocycles. The molecule has 0 spiro atoms. The topological polar surface area (TPSA) is 98.1 Å². The lowest BCUT2D eigenvalue weighted by atomic mass is 9.67. The molecule has 1 saturated heterocycles. The molecule has 4 atom stereocenters. The molecule has 0 aromatic heterocycles. The lowest BCUT2D eigenvalue weighted by Crippen LogP contribution is -2.39. The van der Waals surface area contributed by atoms with Crippen molar-refractivity contribution in [3.8, 4) is 5.75 Å². The Morgan fingerprint density at radius 3 is 2.66 bits per heavy atom. The minimum atomic E-state index is -0.804. The summed E-state index contributed by atoms with van der Waals surface area (Å²) in [5.74, 6) is -1.94. The Hall–Kier alpha value is -2.15. The lowest BCUT2D eigenvalue weighted by Gasteiger charge is -2.36. The largest absolute Gasteiger partial charge is 0.508 e. The van der Waals surface area contributed by atoms with Crippen molar-refractivity contribution in [2.75, 3.05) is 13.7 Å². The molecule has 1 heterocycles. The highest BCUT2D eigenvalue weighted by Crippen LogP contribution is 2.46. The highest BCUT2D eigenvalue weighted by atomic mass is 35.5. The number of rotatable bonds is 8. The molecule has 174 valence electrons. The number of carbonyl (C=O) groups excluding carboxylic acids is 2. The second kappa shape index (κ2) is 10.2. The monoisotopic (exact) mass is 461 g/mol. The van der Waals surface area contributed by atoms with Crippen LogP contribution in [0.1, 0.15) is 51.5 Å². The molecule has 1 fully saturated rings. The second-order valence-corrected chi connectivity index (χ2v) is 9.33. The molecule has 6 nitrogen and oxygen atoms in total. The van der Waals surface area contributed by atoms with Crippen LogP contribution >= 0.6 is 11.6 Å². The molecule has 2 aliphatic rings. The van der Waals surface area contributed by atoms with E-state index >= 15 is 0 Å². The highest BCUT2D eigenvalue weighted by Gasteiger charge is 2.53. The van der Waals surface area contributed by atoms with Crippen LogP contribution in [-0.4, -0.2) is 51.8 Å². The summed E-state index contributed by atoms with van der Waals surface area (Å²) in [5.41, 5.74) is 3.53. The minimum absolute atomic E-state index is 0.104. The van der Waals surface area contributed by atoms with Crippen LogP contribution in [0.5, 0.6) is 5.75 Å².